The van der Waals surface area contributed by atoms with Crippen LogP contribution in [0.15, 0.2) is 28.7 Å². The maximum Gasteiger partial charge on any atom is 0.393 e. The molecule has 20 heteroatoms. The van der Waals surface area contributed by atoms with Gasteiger partial charge in [-0.25, -0.2) is 0 Å². The first-order valence-corrected chi connectivity index (χ1v) is 9.10. The minimum absolute atomic E-state index is 0.0684. The molecule has 0 radical (unpaired) electrons. The molecule has 0 saturated heterocycles. The van der Waals surface area contributed by atoms with Gasteiger partial charge in [0.05, 0.1) is 0 Å². The van der Waals surface area contributed by atoms with Crippen molar-refractivity contribution in [3.05, 3.63) is 28.7 Å². The number of amides is 1. The lowest BCUT2D eigenvalue weighted by molar-refractivity contribution is -0.445. The Hall–Kier alpha value is -1.66. The van der Waals surface area contributed by atoms with Crippen molar-refractivity contribution >= 4 is 39.1 Å². The summed E-state index contributed by atoms with van der Waals surface area (Å²) in [5, 5.41) is -6.04. The zero-order valence-corrected chi connectivity index (χ0v) is 17.9. The van der Waals surface area contributed by atoms with Gasteiger partial charge in [-0.05, 0) is 29.8 Å². The summed E-state index contributed by atoms with van der Waals surface area (Å²) in [5.74, 6) is -60.5. The van der Waals surface area contributed by atoms with Crippen molar-refractivity contribution < 1.29 is 75.0 Å². The Morgan fingerprint density at radius 1 is 0.657 bits per heavy atom. The van der Waals surface area contributed by atoms with E-state index < -0.39 is 58.4 Å². The molecule has 0 aliphatic rings. The van der Waals surface area contributed by atoms with E-state index in [1.807, 2.05) is 0 Å². The number of carbonyl (C=O) groups excluding carboxylic acids is 1. The first-order chi connectivity index (χ1) is 15.1. The SMILES string of the molecule is O=C(Nc1cccc(Br)c1)C(F)(F)C(F)(F)C(F)(F)C(F)(F)C(F)(F)C(F)(F)C(F)(F)C(F)(F)Cl. The van der Waals surface area contributed by atoms with Crippen molar-refractivity contribution in [2.45, 2.75) is 46.8 Å². The molecular formula is C15H5BrClF16NO. The Labute approximate surface area is 195 Å². The lowest BCUT2D eigenvalue weighted by atomic mass is 9.89. The van der Waals surface area contributed by atoms with Gasteiger partial charge in [0.15, 0.2) is 0 Å². The van der Waals surface area contributed by atoms with Crippen LogP contribution in [0.5, 0.6) is 0 Å². The summed E-state index contributed by atoms with van der Waals surface area (Å²) in [7, 11) is 0. The average molecular weight is 635 g/mol. The molecule has 1 rings (SSSR count). The van der Waals surface area contributed by atoms with Gasteiger partial charge >= 0.3 is 52.7 Å². The summed E-state index contributed by atoms with van der Waals surface area (Å²) in [5.41, 5.74) is -0.893. The van der Waals surface area contributed by atoms with E-state index in [9.17, 15) is 75.0 Å². The average Bonchev–Trinajstić information content (AvgIpc) is 2.66. The summed E-state index contributed by atoms with van der Waals surface area (Å²) >= 11 is 6.10. The van der Waals surface area contributed by atoms with Gasteiger partial charge in [0.25, 0.3) is 0 Å². The van der Waals surface area contributed by atoms with Crippen LogP contribution in [0.3, 0.4) is 0 Å². The molecule has 1 amide bonds. The molecule has 0 fully saturated rings. The zero-order chi connectivity index (χ0) is 28.3. The third-order valence-corrected chi connectivity index (χ3v) is 4.82. The monoisotopic (exact) mass is 633 g/mol. The Balaban J connectivity index is 3.58. The van der Waals surface area contributed by atoms with E-state index in [1.165, 1.54) is 0 Å². The highest BCUT2D eigenvalue weighted by atomic mass is 79.9. The summed E-state index contributed by atoms with van der Waals surface area (Å²) < 4.78 is 214. The number of benzene rings is 1. The molecule has 35 heavy (non-hydrogen) atoms. The second-order valence-corrected chi connectivity index (χ2v) is 7.87. The number of hydrogen-bond acceptors (Lipinski definition) is 1. The quantitative estimate of drug-likeness (QED) is 0.219. The lowest BCUT2D eigenvalue weighted by Gasteiger charge is -2.42. The van der Waals surface area contributed by atoms with Gasteiger partial charge in [-0.15, -0.1) is 0 Å². The van der Waals surface area contributed by atoms with Crippen molar-refractivity contribution in [3.8, 4) is 0 Å². The van der Waals surface area contributed by atoms with Gasteiger partial charge in [0.2, 0.25) is 0 Å². The topological polar surface area (TPSA) is 29.1 Å². The fraction of sp³-hybridized carbons (Fsp3) is 0.533. The maximum atomic E-state index is 13.8. The number of rotatable bonds is 9. The second-order valence-electron chi connectivity index (χ2n) is 6.48. The Morgan fingerprint density at radius 3 is 1.40 bits per heavy atom. The molecule has 0 aliphatic heterocycles. The van der Waals surface area contributed by atoms with Crippen LogP contribution >= 0.6 is 27.5 Å². The molecule has 1 N–H and O–H groups in total. The van der Waals surface area contributed by atoms with E-state index in [4.69, 9.17) is 0 Å². The maximum absolute atomic E-state index is 13.8. The van der Waals surface area contributed by atoms with Crippen molar-refractivity contribution in [1.29, 1.82) is 0 Å². The third kappa shape index (κ3) is 4.50. The summed E-state index contributed by atoms with van der Waals surface area (Å²) in [6, 6.07) is 3.36. The minimum atomic E-state index is -8.63. The van der Waals surface area contributed by atoms with Gasteiger partial charge in [-0.2, -0.15) is 70.2 Å². The van der Waals surface area contributed by atoms with Crippen LogP contribution in [0, 0.1) is 0 Å². The number of alkyl halides is 17. The molecule has 0 aromatic heterocycles. The van der Waals surface area contributed by atoms with Gasteiger partial charge < -0.3 is 5.32 Å². The van der Waals surface area contributed by atoms with E-state index in [-0.39, 0.29) is 4.47 Å². The molecule has 0 saturated carbocycles. The highest BCUT2D eigenvalue weighted by molar-refractivity contribution is 9.10. The van der Waals surface area contributed by atoms with Gasteiger partial charge in [-0.1, -0.05) is 22.0 Å². The van der Waals surface area contributed by atoms with Crippen LogP contribution in [0.1, 0.15) is 0 Å². The van der Waals surface area contributed by atoms with Crippen molar-refractivity contribution in [3.63, 3.8) is 0 Å². The molecule has 0 aliphatic carbocycles. The Morgan fingerprint density at radius 2 is 1.03 bits per heavy atom. The molecule has 0 heterocycles. The number of nitrogens with one attached hydrogen (secondary N) is 1. The van der Waals surface area contributed by atoms with E-state index in [2.05, 4.69) is 27.5 Å². The Kier molecular flexibility index (Phi) is 7.82. The summed E-state index contributed by atoms with van der Waals surface area (Å²) in [4.78, 5) is 11.4. The molecule has 202 valence electrons. The fourth-order valence-corrected chi connectivity index (χ4v) is 2.60. The van der Waals surface area contributed by atoms with Gasteiger partial charge in [0.1, 0.15) is 0 Å². The number of anilines is 1. The van der Waals surface area contributed by atoms with E-state index >= 15 is 0 Å². The predicted molar refractivity (Wildman–Crippen MR) is 88.2 cm³/mol. The first-order valence-electron chi connectivity index (χ1n) is 7.93. The van der Waals surface area contributed by atoms with Crippen LogP contribution in [-0.2, 0) is 4.79 Å². The van der Waals surface area contributed by atoms with Crippen molar-refractivity contribution in [2.24, 2.45) is 0 Å². The highest BCUT2D eigenvalue weighted by Gasteiger charge is 2.95. The number of halogens is 18. The molecule has 0 spiro atoms. The second kappa shape index (κ2) is 8.72. The van der Waals surface area contributed by atoms with E-state index in [1.54, 1.807) is 0 Å². The smallest absolute Gasteiger partial charge is 0.321 e. The van der Waals surface area contributed by atoms with E-state index in [0.29, 0.717) is 12.1 Å². The summed E-state index contributed by atoms with van der Waals surface area (Å²) in [6.45, 7) is 0. The number of hydrogen-bond donors (Lipinski definition) is 1. The molecule has 0 atom stereocenters. The van der Waals surface area contributed by atoms with Gasteiger partial charge in [-0.3, -0.25) is 4.79 Å². The van der Waals surface area contributed by atoms with Crippen molar-refractivity contribution in [2.75, 3.05) is 5.32 Å². The molecule has 1 aromatic carbocycles. The number of carbonyl (C=O) groups is 1. The zero-order valence-electron chi connectivity index (χ0n) is 15.5. The molecule has 2 nitrogen and oxygen atoms in total. The van der Waals surface area contributed by atoms with Crippen LogP contribution in [0.4, 0.5) is 75.9 Å². The van der Waals surface area contributed by atoms with Crippen molar-refractivity contribution in [1.82, 2.24) is 0 Å². The van der Waals surface area contributed by atoms with Crippen LogP contribution in [0.2, 0.25) is 0 Å². The van der Waals surface area contributed by atoms with Gasteiger partial charge in [0, 0.05) is 10.2 Å². The predicted octanol–water partition coefficient (Wildman–Crippen LogP) is 7.67. The standard InChI is InChI=1S/C15H5BrClF16NO/c16-5-2-1-3-6(4-5)34-7(35)8(18,19)9(20,21)10(22,23)11(24,25)12(26,27)13(28,29)14(30,31)15(17,32)33/h1-4H,(H,34,35). The molecule has 0 unspecified atom stereocenters. The normalized spacial score (nSPS) is 15.3. The highest BCUT2D eigenvalue weighted by Crippen LogP contribution is 2.64. The minimum Gasteiger partial charge on any atom is -0.321 e. The lowest BCUT2D eigenvalue weighted by Crippen LogP contribution is -2.75. The van der Waals surface area contributed by atoms with Crippen LogP contribution < -0.4 is 5.32 Å². The molecular weight excluding hydrogens is 629 g/mol. The third-order valence-electron chi connectivity index (χ3n) is 4.09. The first kappa shape index (κ1) is 31.4. The summed E-state index contributed by atoms with van der Waals surface area (Å²) in [6.07, 6.45) is 0. The fourth-order valence-electron chi connectivity index (χ4n) is 2.08. The van der Waals surface area contributed by atoms with E-state index in [0.717, 1.165) is 17.4 Å². The van der Waals surface area contributed by atoms with Crippen LogP contribution in [-0.4, -0.2) is 52.7 Å². The largest absolute Gasteiger partial charge is 0.393 e. The molecule has 0 bridgehead atoms. The molecule has 1 aromatic rings. The van der Waals surface area contributed by atoms with Crippen LogP contribution in [0.25, 0.3) is 0 Å². The Bertz CT molecular complexity index is 961.